The molecule has 2 heteroatoms. The third-order valence-corrected chi connectivity index (χ3v) is 1.56. The smallest absolute Gasteiger partial charge is 0.103 e. The molecule has 0 fully saturated rings. The van der Waals surface area contributed by atoms with E-state index in [0.29, 0.717) is 10.9 Å². The molecule has 0 nitrogen and oxygen atoms in total. The molecule has 1 aromatic carbocycles. The van der Waals surface area contributed by atoms with Crippen LogP contribution in [-0.2, 0) is 0 Å². The van der Waals surface area contributed by atoms with E-state index in [1.165, 1.54) is 0 Å². The lowest BCUT2D eigenvalue weighted by Gasteiger charge is -2.05. The summed E-state index contributed by atoms with van der Waals surface area (Å²) in [6.45, 7) is 3.96. The number of benzene rings is 1. The van der Waals surface area contributed by atoms with E-state index in [1.807, 2.05) is 26.0 Å². The van der Waals surface area contributed by atoms with Gasteiger partial charge in [-0.3, -0.25) is 0 Å². The Morgan fingerprint density at radius 2 is 1.70 bits per heavy atom. The van der Waals surface area contributed by atoms with E-state index in [-0.39, 0.29) is 0 Å². The zero-order chi connectivity index (χ0) is 7.72. The van der Waals surface area contributed by atoms with Crippen molar-refractivity contribution in [1.29, 1.82) is 0 Å². The lowest BCUT2D eigenvalue weighted by molar-refractivity contribution is 1.43. The number of hydrogen-bond donors (Lipinski definition) is 0. The van der Waals surface area contributed by atoms with Gasteiger partial charge in [-0.05, 0) is 13.8 Å². The molecule has 0 atom stereocenters. The van der Waals surface area contributed by atoms with E-state index < -0.39 is 0 Å². The molecule has 0 saturated carbocycles. The number of hydrogen-bond acceptors (Lipinski definition) is 0. The van der Waals surface area contributed by atoms with Gasteiger partial charge in [-0.2, -0.15) is 0 Å². The van der Waals surface area contributed by atoms with Crippen LogP contribution in [0.15, 0.2) is 12.1 Å². The zero-order valence-electron chi connectivity index (χ0n) is 6.31. The van der Waals surface area contributed by atoms with Crippen LogP contribution >= 0.6 is 0 Å². The Morgan fingerprint density at radius 3 is 2.20 bits per heavy atom. The van der Waals surface area contributed by atoms with Gasteiger partial charge in [0.05, 0.1) is 0 Å². The summed E-state index contributed by atoms with van der Waals surface area (Å²) < 4.78 is 0. The van der Waals surface area contributed by atoms with E-state index in [4.69, 9.17) is 15.7 Å². The van der Waals surface area contributed by atoms with Crippen molar-refractivity contribution in [3.8, 4) is 0 Å². The van der Waals surface area contributed by atoms with Gasteiger partial charge in [0, 0.05) is 0 Å². The molecular weight excluding hydrogens is 118 g/mol. The first-order valence-electron chi connectivity index (χ1n) is 3.23. The summed E-state index contributed by atoms with van der Waals surface area (Å²) >= 11 is 0. The molecule has 46 valence electrons. The first-order chi connectivity index (χ1) is 4.61. The Labute approximate surface area is 64.5 Å². The average molecular weight is 126 g/mol. The molecule has 0 bridgehead atoms. The lowest BCUT2D eigenvalue weighted by Crippen LogP contribution is -2.28. The van der Waals surface area contributed by atoms with Crippen molar-refractivity contribution in [3.63, 3.8) is 0 Å². The van der Waals surface area contributed by atoms with Crippen LogP contribution in [0.1, 0.15) is 11.1 Å². The van der Waals surface area contributed by atoms with Crippen molar-refractivity contribution < 1.29 is 0 Å². The van der Waals surface area contributed by atoms with Crippen LogP contribution in [0, 0.1) is 13.8 Å². The topological polar surface area (TPSA) is 0 Å². The van der Waals surface area contributed by atoms with Gasteiger partial charge in [-0.15, -0.1) is 10.9 Å². The van der Waals surface area contributed by atoms with Gasteiger partial charge in [0.1, 0.15) is 15.7 Å². The van der Waals surface area contributed by atoms with Crippen molar-refractivity contribution in [1.82, 2.24) is 0 Å². The molecule has 0 saturated heterocycles. The fourth-order valence-corrected chi connectivity index (χ4v) is 1.01. The van der Waals surface area contributed by atoms with Crippen molar-refractivity contribution in [2.24, 2.45) is 0 Å². The predicted molar refractivity (Wildman–Crippen MR) is 46.7 cm³/mol. The van der Waals surface area contributed by atoms with Crippen LogP contribution in [0.2, 0.25) is 0 Å². The molecule has 0 aliphatic rings. The molecule has 1 rings (SSSR count). The summed E-state index contributed by atoms with van der Waals surface area (Å²) in [5.41, 5.74) is 3.59. The van der Waals surface area contributed by atoms with Crippen molar-refractivity contribution in [2.45, 2.75) is 13.8 Å². The van der Waals surface area contributed by atoms with Gasteiger partial charge in [-0.25, -0.2) is 0 Å². The molecule has 0 amide bonds. The monoisotopic (exact) mass is 126 g/mol. The van der Waals surface area contributed by atoms with E-state index in [2.05, 4.69) is 0 Å². The summed E-state index contributed by atoms with van der Waals surface area (Å²) in [5, 5.41) is 0. The minimum atomic E-state index is 0.678. The predicted octanol–water partition coefficient (Wildman–Crippen LogP) is -0.109. The molecule has 0 aliphatic heterocycles. The van der Waals surface area contributed by atoms with Crippen LogP contribution in [-0.4, -0.2) is 15.7 Å². The molecule has 10 heavy (non-hydrogen) atoms. The molecule has 0 heterocycles. The second-order valence-corrected chi connectivity index (χ2v) is 2.58. The molecule has 0 aromatic heterocycles. The van der Waals surface area contributed by atoms with E-state index in [0.717, 1.165) is 11.1 Å². The normalized spacial score (nSPS) is 9.80. The largest absolute Gasteiger partial charge is 0.113 e. The minimum absolute atomic E-state index is 0.678. The fourth-order valence-electron chi connectivity index (χ4n) is 1.01. The second kappa shape index (κ2) is 2.53. The summed E-state index contributed by atoms with van der Waals surface area (Å²) in [6, 6.07) is 3.90. The van der Waals surface area contributed by atoms with Crippen molar-refractivity contribution in [3.05, 3.63) is 23.3 Å². The highest BCUT2D eigenvalue weighted by atomic mass is 13.9. The van der Waals surface area contributed by atoms with E-state index in [9.17, 15) is 0 Å². The Kier molecular flexibility index (Phi) is 1.89. The van der Waals surface area contributed by atoms with Crippen LogP contribution < -0.4 is 10.9 Å². The van der Waals surface area contributed by atoms with Gasteiger partial charge in [-0.1, -0.05) is 23.3 Å². The SMILES string of the molecule is [B]c1cc(C)cc(C)c1[B]. The maximum atomic E-state index is 5.63. The Morgan fingerprint density at radius 1 is 1.10 bits per heavy atom. The van der Waals surface area contributed by atoms with Crippen LogP contribution in [0.5, 0.6) is 0 Å². The van der Waals surface area contributed by atoms with Crippen LogP contribution in [0.4, 0.5) is 0 Å². The van der Waals surface area contributed by atoms with Gasteiger partial charge in [0.15, 0.2) is 0 Å². The Balaban J connectivity index is 3.31. The van der Waals surface area contributed by atoms with E-state index >= 15 is 0 Å². The summed E-state index contributed by atoms with van der Waals surface area (Å²) in [6.07, 6.45) is 0. The summed E-state index contributed by atoms with van der Waals surface area (Å²) in [4.78, 5) is 0. The highest BCUT2D eigenvalue weighted by Gasteiger charge is 1.95. The van der Waals surface area contributed by atoms with Gasteiger partial charge >= 0.3 is 0 Å². The molecule has 0 unspecified atom stereocenters. The van der Waals surface area contributed by atoms with Gasteiger partial charge in [0.2, 0.25) is 0 Å². The molecule has 0 aliphatic carbocycles. The van der Waals surface area contributed by atoms with Gasteiger partial charge < -0.3 is 0 Å². The maximum absolute atomic E-state index is 5.63. The van der Waals surface area contributed by atoms with Gasteiger partial charge in [0.25, 0.3) is 0 Å². The van der Waals surface area contributed by atoms with E-state index in [1.54, 1.807) is 0 Å². The Bertz CT molecular complexity index is 230. The Hall–Kier alpha value is -0.650. The third-order valence-electron chi connectivity index (χ3n) is 1.56. The third kappa shape index (κ3) is 1.26. The van der Waals surface area contributed by atoms with Crippen LogP contribution in [0.25, 0.3) is 0 Å². The quantitative estimate of drug-likeness (QED) is 0.425. The first kappa shape index (κ1) is 7.46. The lowest BCUT2D eigenvalue weighted by atomic mass is 9.77. The fraction of sp³-hybridized carbons (Fsp3) is 0.250. The zero-order valence-corrected chi connectivity index (χ0v) is 6.31. The molecule has 0 spiro atoms. The standard InChI is InChI=1S/C8H8B2/c1-5-3-6(2)8(10)7(9)4-5/h3-4H,1-2H3. The maximum Gasteiger partial charge on any atom is 0.113 e. The number of aryl methyl sites for hydroxylation is 2. The molecular formula is C8H8B2. The highest BCUT2D eigenvalue weighted by Crippen LogP contribution is 1.95. The molecule has 0 N–H and O–H groups in total. The molecule has 4 radical (unpaired) electrons. The van der Waals surface area contributed by atoms with Crippen molar-refractivity contribution >= 4 is 26.6 Å². The van der Waals surface area contributed by atoms with Crippen LogP contribution in [0.3, 0.4) is 0 Å². The second-order valence-electron chi connectivity index (χ2n) is 2.58. The minimum Gasteiger partial charge on any atom is -0.103 e. The molecule has 1 aromatic rings. The summed E-state index contributed by atoms with van der Waals surface area (Å²) in [7, 11) is 11.2. The average Bonchev–Trinajstić information content (AvgIpc) is 1.82. The number of rotatable bonds is 0. The first-order valence-corrected chi connectivity index (χ1v) is 3.23. The summed E-state index contributed by atoms with van der Waals surface area (Å²) in [5.74, 6) is 0. The van der Waals surface area contributed by atoms with Crippen molar-refractivity contribution in [2.75, 3.05) is 0 Å². The highest BCUT2D eigenvalue weighted by molar-refractivity contribution is 6.49.